The van der Waals surface area contributed by atoms with Gasteiger partial charge in [-0.2, -0.15) is 0 Å². The van der Waals surface area contributed by atoms with Gasteiger partial charge in [0.05, 0.1) is 11.3 Å². The normalized spacial score (nSPS) is 10.2. The van der Waals surface area contributed by atoms with Gasteiger partial charge >= 0.3 is 5.97 Å². The summed E-state index contributed by atoms with van der Waals surface area (Å²) < 4.78 is 5.19. The van der Waals surface area contributed by atoms with E-state index in [4.69, 9.17) is 15.6 Å². The third-order valence-corrected chi connectivity index (χ3v) is 2.26. The van der Waals surface area contributed by atoms with Gasteiger partial charge < -0.3 is 20.9 Å². The molecule has 0 aliphatic heterocycles. The van der Waals surface area contributed by atoms with Gasteiger partial charge in [-0.25, -0.2) is 4.79 Å². The number of nitrogens with two attached hydrogens (primary N) is 1. The first-order chi connectivity index (χ1) is 8.15. The second-order valence-corrected chi connectivity index (χ2v) is 3.59. The van der Waals surface area contributed by atoms with Crippen molar-refractivity contribution in [1.82, 2.24) is 0 Å². The van der Waals surface area contributed by atoms with Gasteiger partial charge in [0.15, 0.2) is 0 Å². The summed E-state index contributed by atoms with van der Waals surface area (Å²) in [7, 11) is 0. The van der Waals surface area contributed by atoms with Crippen molar-refractivity contribution < 1.29 is 14.6 Å². The van der Waals surface area contributed by atoms with E-state index in [2.05, 4.69) is 5.32 Å². The highest BCUT2D eigenvalue weighted by atomic mass is 16.5. The maximum absolute atomic E-state index is 11.0. The van der Waals surface area contributed by atoms with E-state index in [1.165, 1.54) is 6.07 Å². The van der Waals surface area contributed by atoms with E-state index in [0.29, 0.717) is 31.1 Å². The molecule has 0 atom stereocenters. The van der Waals surface area contributed by atoms with Crippen molar-refractivity contribution in [3.63, 3.8) is 0 Å². The standard InChI is InChI=1S/C12H18N2O3/c1-2-17-7-3-6-14-11-8-9(13)4-5-10(11)12(15)16/h4-5,8,14H,2-3,6-7,13H2,1H3,(H,15,16). The Morgan fingerprint density at radius 2 is 2.29 bits per heavy atom. The minimum absolute atomic E-state index is 0.232. The molecule has 0 aliphatic rings. The highest BCUT2D eigenvalue weighted by Crippen LogP contribution is 2.19. The Morgan fingerprint density at radius 3 is 2.94 bits per heavy atom. The van der Waals surface area contributed by atoms with Gasteiger partial charge in [-0.05, 0) is 31.5 Å². The zero-order chi connectivity index (χ0) is 12.7. The number of nitrogen functional groups attached to an aromatic ring is 1. The van der Waals surface area contributed by atoms with Gasteiger partial charge in [-0.3, -0.25) is 0 Å². The van der Waals surface area contributed by atoms with Crippen LogP contribution in [0, 0.1) is 0 Å². The monoisotopic (exact) mass is 238 g/mol. The molecular formula is C12H18N2O3. The van der Waals surface area contributed by atoms with Gasteiger partial charge in [0.2, 0.25) is 0 Å². The Labute approximate surface area is 101 Å². The summed E-state index contributed by atoms with van der Waals surface area (Å²) in [6, 6.07) is 4.71. The van der Waals surface area contributed by atoms with E-state index in [1.54, 1.807) is 12.1 Å². The van der Waals surface area contributed by atoms with Crippen LogP contribution in [0.15, 0.2) is 18.2 Å². The van der Waals surface area contributed by atoms with Gasteiger partial charge in [-0.15, -0.1) is 0 Å². The molecule has 4 N–H and O–H groups in total. The topological polar surface area (TPSA) is 84.6 Å². The fourth-order valence-corrected chi connectivity index (χ4v) is 1.44. The Balaban J connectivity index is 2.56. The quantitative estimate of drug-likeness (QED) is 0.498. The van der Waals surface area contributed by atoms with Gasteiger partial charge in [-0.1, -0.05) is 0 Å². The van der Waals surface area contributed by atoms with Crippen LogP contribution >= 0.6 is 0 Å². The lowest BCUT2D eigenvalue weighted by molar-refractivity contribution is 0.0698. The highest BCUT2D eigenvalue weighted by Gasteiger charge is 2.09. The number of carbonyl (C=O) groups is 1. The molecule has 94 valence electrons. The number of ether oxygens (including phenoxy) is 1. The first-order valence-electron chi connectivity index (χ1n) is 5.59. The van der Waals surface area contributed by atoms with Crippen LogP contribution in [-0.4, -0.2) is 30.8 Å². The second kappa shape index (κ2) is 6.75. The van der Waals surface area contributed by atoms with Gasteiger partial charge in [0.1, 0.15) is 0 Å². The molecule has 5 heteroatoms. The Bertz CT molecular complexity index is 380. The van der Waals surface area contributed by atoms with Gasteiger partial charge in [0, 0.05) is 25.4 Å². The lowest BCUT2D eigenvalue weighted by Gasteiger charge is -2.10. The van der Waals surface area contributed by atoms with Gasteiger partial charge in [0.25, 0.3) is 0 Å². The molecular weight excluding hydrogens is 220 g/mol. The summed E-state index contributed by atoms with van der Waals surface area (Å²) >= 11 is 0. The van der Waals surface area contributed by atoms with Crippen molar-refractivity contribution >= 4 is 17.3 Å². The third-order valence-electron chi connectivity index (χ3n) is 2.26. The van der Waals surface area contributed by atoms with Crippen molar-refractivity contribution in [2.45, 2.75) is 13.3 Å². The molecule has 1 rings (SSSR count). The number of carboxylic acid groups (broad SMARTS) is 1. The minimum Gasteiger partial charge on any atom is -0.478 e. The minimum atomic E-state index is -0.961. The largest absolute Gasteiger partial charge is 0.478 e. The molecule has 0 aromatic heterocycles. The third kappa shape index (κ3) is 4.32. The molecule has 17 heavy (non-hydrogen) atoms. The average molecular weight is 238 g/mol. The van der Waals surface area contributed by atoms with Crippen LogP contribution in [-0.2, 0) is 4.74 Å². The summed E-state index contributed by atoms with van der Waals surface area (Å²) in [5.74, 6) is -0.961. The molecule has 0 saturated carbocycles. The van der Waals surface area contributed by atoms with Crippen LogP contribution in [0.2, 0.25) is 0 Å². The van der Waals surface area contributed by atoms with Crippen molar-refractivity contribution in [3.8, 4) is 0 Å². The van der Waals surface area contributed by atoms with Crippen LogP contribution in [0.1, 0.15) is 23.7 Å². The van der Waals surface area contributed by atoms with Crippen molar-refractivity contribution in [2.24, 2.45) is 0 Å². The van der Waals surface area contributed by atoms with E-state index in [1.807, 2.05) is 6.92 Å². The number of anilines is 2. The predicted molar refractivity (Wildman–Crippen MR) is 67.4 cm³/mol. The lowest BCUT2D eigenvalue weighted by atomic mass is 10.1. The van der Waals surface area contributed by atoms with Crippen LogP contribution in [0.25, 0.3) is 0 Å². The first-order valence-corrected chi connectivity index (χ1v) is 5.59. The molecule has 0 unspecified atom stereocenters. The van der Waals surface area contributed by atoms with Crippen molar-refractivity contribution in [1.29, 1.82) is 0 Å². The Hall–Kier alpha value is -1.75. The lowest BCUT2D eigenvalue weighted by Crippen LogP contribution is -2.10. The van der Waals surface area contributed by atoms with E-state index >= 15 is 0 Å². The molecule has 0 bridgehead atoms. The van der Waals surface area contributed by atoms with Crippen LogP contribution in [0.4, 0.5) is 11.4 Å². The number of rotatable bonds is 7. The Morgan fingerprint density at radius 1 is 1.53 bits per heavy atom. The van der Waals surface area contributed by atoms with Crippen molar-refractivity contribution in [3.05, 3.63) is 23.8 Å². The second-order valence-electron chi connectivity index (χ2n) is 3.59. The zero-order valence-electron chi connectivity index (χ0n) is 9.90. The molecule has 0 aliphatic carbocycles. The Kier molecular flexibility index (Phi) is 5.29. The van der Waals surface area contributed by atoms with Crippen LogP contribution in [0.5, 0.6) is 0 Å². The molecule has 0 heterocycles. The number of nitrogens with one attached hydrogen (secondary N) is 1. The molecule has 0 amide bonds. The molecule has 0 radical (unpaired) electrons. The van der Waals surface area contributed by atoms with Crippen LogP contribution in [0.3, 0.4) is 0 Å². The highest BCUT2D eigenvalue weighted by molar-refractivity contribution is 5.95. The zero-order valence-corrected chi connectivity index (χ0v) is 9.90. The predicted octanol–water partition coefficient (Wildman–Crippen LogP) is 1.81. The number of hydrogen-bond donors (Lipinski definition) is 3. The number of benzene rings is 1. The SMILES string of the molecule is CCOCCCNc1cc(N)ccc1C(=O)O. The maximum Gasteiger partial charge on any atom is 0.337 e. The van der Waals surface area contributed by atoms with Crippen molar-refractivity contribution in [2.75, 3.05) is 30.8 Å². The van der Waals surface area contributed by atoms with E-state index in [-0.39, 0.29) is 5.56 Å². The smallest absolute Gasteiger partial charge is 0.337 e. The fraction of sp³-hybridized carbons (Fsp3) is 0.417. The summed E-state index contributed by atoms with van der Waals surface area (Å²) in [4.78, 5) is 11.0. The molecule has 1 aromatic rings. The molecule has 0 spiro atoms. The van der Waals surface area contributed by atoms with E-state index in [9.17, 15) is 4.79 Å². The molecule has 5 nitrogen and oxygen atoms in total. The number of carboxylic acids is 1. The summed E-state index contributed by atoms with van der Waals surface area (Å²) in [5.41, 5.74) is 6.95. The summed E-state index contributed by atoms with van der Waals surface area (Å²) in [6.07, 6.45) is 0.821. The maximum atomic E-state index is 11.0. The summed E-state index contributed by atoms with van der Waals surface area (Å²) in [5, 5.41) is 12.0. The van der Waals surface area contributed by atoms with Crippen LogP contribution < -0.4 is 11.1 Å². The fourth-order valence-electron chi connectivity index (χ4n) is 1.44. The first kappa shape index (κ1) is 13.3. The molecule has 1 aromatic carbocycles. The number of aromatic carboxylic acids is 1. The van der Waals surface area contributed by atoms with E-state index in [0.717, 1.165) is 6.42 Å². The van der Waals surface area contributed by atoms with E-state index < -0.39 is 5.97 Å². The number of hydrogen-bond acceptors (Lipinski definition) is 4. The average Bonchev–Trinajstić information content (AvgIpc) is 2.28. The summed E-state index contributed by atoms with van der Waals surface area (Å²) in [6.45, 7) is 3.95. The molecule has 0 fully saturated rings. The molecule has 0 saturated heterocycles.